The maximum atomic E-state index is 5.90. The molecular formula is C34H30N6O2. The Bertz CT molecular complexity index is 1640. The van der Waals surface area contributed by atoms with Gasteiger partial charge >= 0.3 is 0 Å². The third kappa shape index (κ3) is 5.97. The van der Waals surface area contributed by atoms with Gasteiger partial charge in [-0.1, -0.05) is 108 Å². The van der Waals surface area contributed by atoms with Crippen LogP contribution in [0.3, 0.4) is 0 Å². The molecule has 2 aromatic heterocycles. The van der Waals surface area contributed by atoms with Crippen LogP contribution in [0.1, 0.15) is 47.5 Å². The lowest BCUT2D eigenvalue weighted by Gasteiger charge is -2.18. The number of aryl methyl sites for hydroxylation is 2. The van der Waals surface area contributed by atoms with Crippen LogP contribution in [0, 0.1) is 0 Å². The van der Waals surface area contributed by atoms with Crippen LogP contribution in [0.2, 0.25) is 0 Å². The molecule has 0 fully saturated rings. The number of hydrogen-bond donors (Lipinski definition) is 0. The van der Waals surface area contributed by atoms with E-state index in [2.05, 4.69) is 93.4 Å². The van der Waals surface area contributed by atoms with Crippen LogP contribution >= 0.6 is 0 Å². The summed E-state index contributed by atoms with van der Waals surface area (Å²) >= 11 is 0. The molecule has 0 aliphatic rings. The minimum Gasteiger partial charge on any atom is -0.357 e. The van der Waals surface area contributed by atoms with E-state index in [9.17, 15) is 0 Å². The molecule has 42 heavy (non-hydrogen) atoms. The number of nitrogens with zero attached hydrogens (tertiary/aromatic N) is 6. The van der Waals surface area contributed by atoms with Gasteiger partial charge < -0.3 is 9.68 Å². The second-order valence-corrected chi connectivity index (χ2v) is 9.65. The summed E-state index contributed by atoms with van der Waals surface area (Å²) in [5.74, 6) is 1.33. The minimum absolute atomic E-state index is 0.667. The quantitative estimate of drug-likeness (QED) is 0.176. The maximum Gasteiger partial charge on any atom is 0.158 e. The van der Waals surface area contributed by atoms with Gasteiger partial charge in [-0.05, 0) is 80.9 Å². The summed E-state index contributed by atoms with van der Waals surface area (Å²) < 4.78 is 0. The van der Waals surface area contributed by atoms with Gasteiger partial charge in [-0.2, -0.15) is 0 Å². The van der Waals surface area contributed by atoms with Crippen LogP contribution < -0.4 is 9.68 Å². The summed E-state index contributed by atoms with van der Waals surface area (Å²) in [6.45, 7) is 4.06. The summed E-state index contributed by atoms with van der Waals surface area (Å²) in [7, 11) is 0. The third-order valence-corrected chi connectivity index (χ3v) is 6.82. The van der Waals surface area contributed by atoms with E-state index in [-0.39, 0.29) is 0 Å². The summed E-state index contributed by atoms with van der Waals surface area (Å²) in [5, 5.41) is 16.3. The van der Waals surface area contributed by atoms with Gasteiger partial charge in [0.1, 0.15) is 0 Å². The Morgan fingerprint density at radius 1 is 0.500 bits per heavy atom. The standard InChI is InChI=1S/C34H30N6O2/c1-3-29-23-39(37-35-29)41-31-19-15-27(16-20-31)33(25-11-7-5-8-12-25)34(26-13-9-6-10-14-26)28-17-21-32(22-18-28)42-40-24-30(4-2)36-38-40/h5-24H,3-4H2,1-2H3. The van der Waals surface area contributed by atoms with E-state index >= 15 is 0 Å². The first-order valence-electron chi connectivity index (χ1n) is 13.9. The Kier molecular flexibility index (Phi) is 7.85. The molecule has 0 N–H and O–H groups in total. The van der Waals surface area contributed by atoms with Gasteiger partial charge in [0, 0.05) is 0 Å². The highest BCUT2D eigenvalue weighted by Crippen LogP contribution is 2.37. The molecule has 0 saturated carbocycles. The van der Waals surface area contributed by atoms with Gasteiger partial charge in [0.2, 0.25) is 0 Å². The largest absolute Gasteiger partial charge is 0.357 e. The Labute approximate surface area is 244 Å². The average molecular weight is 555 g/mol. The lowest BCUT2D eigenvalue weighted by Crippen LogP contribution is -2.06. The predicted octanol–water partition coefficient (Wildman–Crippen LogP) is 6.69. The second-order valence-electron chi connectivity index (χ2n) is 9.65. The van der Waals surface area contributed by atoms with Crippen molar-refractivity contribution in [1.82, 2.24) is 30.3 Å². The minimum atomic E-state index is 0.667. The summed E-state index contributed by atoms with van der Waals surface area (Å²) in [6, 6.07) is 37.0. The smallest absolute Gasteiger partial charge is 0.158 e. The molecule has 0 spiro atoms. The fourth-order valence-electron chi connectivity index (χ4n) is 4.68. The summed E-state index contributed by atoms with van der Waals surface area (Å²) in [5.41, 5.74) is 8.24. The molecule has 4 aromatic carbocycles. The first-order chi connectivity index (χ1) is 20.7. The van der Waals surface area contributed by atoms with Gasteiger partial charge in [-0.15, -0.1) is 10.2 Å². The predicted molar refractivity (Wildman–Crippen MR) is 162 cm³/mol. The fraction of sp³-hybridized carbons (Fsp3) is 0.118. The molecular weight excluding hydrogens is 524 g/mol. The summed E-state index contributed by atoms with van der Waals surface area (Å²) in [4.78, 5) is 14.6. The molecule has 8 nitrogen and oxygen atoms in total. The first kappa shape index (κ1) is 26.7. The first-order valence-corrected chi connectivity index (χ1v) is 13.9. The highest BCUT2D eigenvalue weighted by atomic mass is 16.7. The molecule has 6 rings (SSSR count). The molecule has 0 amide bonds. The number of benzene rings is 4. The van der Waals surface area contributed by atoms with Gasteiger partial charge in [0.15, 0.2) is 11.5 Å². The molecule has 6 aromatic rings. The zero-order valence-corrected chi connectivity index (χ0v) is 23.5. The molecule has 0 radical (unpaired) electrons. The van der Waals surface area contributed by atoms with Crippen LogP contribution in [0.25, 0.3) is 11.1 Å². The zero-order chi connectivity index (χ0) is 28.7. The van der Waals surface area contributed by atoms with Crippen molar-refractivity contribution in [3.63, 3.8) is 0 Å². The van der Waals surface area contributed by atoms with E-state index in [0.717, 1.165) is 57.6 Å². The van der Waals surface area contributed by atoms with Crippen molar-refractivity contribution >= 4 is 11.1 Å². The van der Waals surface area contributed by atoms with Gasteiger partial charge in [0.25, 0.3) is 0 Å². The van der Waals surface area contributed by atoms with Crippen molar-refractivity contribution in [1.29, 1.82) is 0 Å². The Balaban J connectivity index is 1.42. The lowest BCUT2D eigenvalue weighted by molar-refractivity contribution is 0.172. The van der Waals surface area contributed by atoms with Crippen molar-refractivity contribution in [2.24, 2.45) is 0 Å². The van der Waals surface area contributed by atoms with Crippen LogP contribution in [0.5, 0.6) is 11.5 Å². The van der Waals surface area contributed by atoms with E-state index in [0.29, 0.717) is 11.5 Å². The molecule has 0 bridgehead atoms. The Morgan fingerprint density at radius 2 is 0.857 bits per heavy atom. The number of hydrogen-bond acceptors (Lipinski definition) is 6. The third-order valence-electron chi connectivity index (χ3n) is 6.82. The molecule has 0 atom stereocenters. The van der Waals surface area contributed by atoms with Crippen LogP contribution in [0.15, 0.2) is 122 Å². The average Bonchev–Trinajstić information content (AvgIpc) is 3.71. The van der Waals surface area contributed by atoms with Crippen LogP contribution in [0.4, 0.5) is 0 Å². The van der Waals surface area contributed by atoms with E-state index in [1.54, 1.807) is 12.4 Å². The van der Waals surface area contributed by atoms with Crippen molar-refractivity contribution < 1.29 is 9.68 Å². The molecule has 2 heterocycles. The van der Waals surface area contributed by atoms with E-state index in [4.69, 9.17) is 9.68 Å². The lowest BCUT2D eigenvalue weighted by atomic mass is 9.86. The second kappa shape index (κ2) is 12.3. The van der Waals surface area contributed by atoms with Crippen molar-refractivity contribution in [3.8, 4) is 11.5 Å². The van der Waals surface area contributed by atoms with E-state index < -0.39 is 0 Å². The number of rotatable bonds is 10. The monoisotopic (exact) mass is 554 g/mol. The highest BCUT2D eigenvalue weighted by molar-refractivity contribution is 6.04. The molecule has 208 valence electrons. The maximum absolute atomic E-state index is 5.90. The molecule has 0 saturated heterocycles. The van der Waals surface area contributed by atoms with Crippen LogP contribution in [-0.4, -0.2) is 30.3 Å². The molecule has 0 aliphatic carbocycles. The van der Waals surface area contributed by atoms with Gasteiger partial charge in [0.05, 0.1) is 23.8 Å². The van der Waals surface area contributed by atoms with Crippen LogP contribution in [-0.2, 0) is 12.8 Å². The summed E-state index contributed by atoms with van der Waals surface area (Å²) in [6.07, 6.45) is 5.16. The number of aromatic nitrogens is 6. The van der Waals surface area contributed by atoms with Crippen molar-refractivity contribution in [2.45, 2.75) is 26.7 Å². The fourth-order valence-corrected chi connectivity index (χ4v) is 4.68. The van der Waals surface area contributed by atoms with Crippen molar-refractivity contribution in [2.75, 3.05) is 0 Å². The molecule has 0 unspecified atom stereocenters. The SMILES string of the molecule is CCc1cn(Oc2ccc(C(=C(c3ccccc3)c3ccc(On4cc(CC)nn4)cc3)c3ccccc3)cc2)nn1. The van der Waals surface area contributed by atoms with E-state index in [1.807, 2.05) is 50.2 Å². The molecule has 8 heteroatoms. The van der Waals surface area contributed by atoms with Crippen molar-refractivity contribution in [3.05, 3.63) is 155 Å². The van der Waals surface area contributed by atoms with Gasteiger partial charge in [-0.25, -0.2) is 0 Å². The molecule has 0 aliphatic heterocycles. The normalized spacial score (nSPS) is 11.7. The van der Waals surface area contributed by atoms with Gasteiger partial charge in [-0.3, -0.25) is 0 Å². The van der Waals surface area contributed by atoms with E-state index in [1.165, 1.54) is 9.69 Å². The zero-order valence-electron chi connectivity index (χ0n) is 23.5. The topological polar surface area (TPSA) is 79.9 Å². The Hall–Kier alpha value is -5.50. The Morgan fingerprint density at radius 3 is 1.19 bits per heavy atom. The highest BCUT2D eigenvalue weighted by Gasteiger charge is 2.17.